The molecule has 1 saturated heterocycles. The first-order valence-corrected chi connectivity index (χ1v) is 6.38. The van der Waals surface area contributed by atoms with Crippen molar-refractivity contribution in [2.24, 2.45) is 5.73 Å². The number of hydrogen-bond acceptors (Lipinski definition) is 3. The van der Waals surface area contributed by atoms with Crippen molar-refractivity contribution in [3.8, 4) is 0 Å². The van der Waals surface area contributed by atoms with Crippen molar-refractivity contribution in [2.45, 2.75) is 19.1 Å². The van der Waals surface area contributed by atoms with E-state index in [2.05, 4.69) is 0 Å². The van der Waals surface area contributed by atoms with E-state index >= 15 is 0 Å². The molecule has 0 spiro atoms. The molecule has 2 atom stereocenters. The first-order chi connectivity index (χ1) is 8.59. The van der Waals surface area contributed by atoms with Crippen molar-refractivity contribution in [2.75, 3.05) is 19.7 Å². The number of morpholine rings is 1. The van der Waals surface area contributed by atoms with Gasteiger partial charge in [0.2, 0.25) is 0 Å². The molecule has 1 amide bonds. The van der Waals surface area contributed by atoms with Gasteiger partial charge in [-0.15, -0.1) is 0 Å². The minimum atomic E-state index is -0.106. The predicted molar refractivity (Wildman–Crippen MR) is 70.7 cm³/mol. The number of hydrogen-bond donors (Lipinski definition) is 1. The average molecular weight is 269 g/mol. The van der Waals surface area contributed by atoms with E-state index in [-0.39, 0.29) is 18.1 Å². The molecule has 4 nitrogen and oxygen atoms in total. The van der Waals surface area contributed by atoms with E-state index in [9.17, 15) is 4.79 Å². The summed E-state index contributed by atoms with van der Waals surface area (Å²) in [6.45, 7) is 3.49. The van der Waals surface area contributed by atoms with Gasteiger partial charge in [-0.1, -0.05) is 23.7 Å². The van der Waals surface area contributed by atoms with Gasteiger partial charge in [-0.25, -0.2) is 0 Å². The molecule has 1 aliphatic heterocycles. The summed E-state index contributed by atoms with van der Waals surface area (Å²) in [5.74, 6) is -0.0606. The van der Waals surface area contributed by atoms with Crippen LogP contribution in [0.25, 0.3) is 0 Å². The average Bonchev–Trinajstić information content (AvgIpc) is 2.38. The zero-order valence-electron chi connectivity index (χ0n) is 10.3. The molecule has 0 saturated carbocycles. The van der Waals surface area contributed by atoms with Gasteiger partial charge in [0.25, 0.3) is 5.91 Å². The number of rotatable bonds is 2. The lowest BCUT2D eigenvalue weighted by Crippen LogP contribution is -2.51. The Balaban J connectivity index is 2.12. The van der Waals surface area contributed by atoms with Crippen LogP contribution in [-0.2, 0) is 4.74 Å². The van der Waals surface area contributed by atoms with Crippen LogP contribution in [0.3, 0.4) is 0 Å². The molecule has 0 aliphatic carbocycles. The molecule has 0 unspecified atom stereocenters. The number of carbonyl (C=O) groups is 1. The number of ether oxygens (including phenoxy) is 1. The summed E-state index contributed by atoms with van der Waals surface area (Å²) in [7, 11) is 0. The predicted octanol–water partition coefficient (Wildman–Crippen LogP) is 1.53. The van der Waals surface area contributed by atoms with Gasteiger partial charge < -0.3 is 15.4 Å². The lowest BCUT2D eigenvalue weighted by molar-refractivity contribution is -0.0300. The molecule has 2 N–H and O–H groups in total. The Morgan fingerprint density at radius 3 is 2.94 bits per heavy atom. The van der Waals surface area contributed by atoms with Gasteiger partial charge in [0.05, 0.1) is 23.3 Å². The second-order valence-corrected chi connectivity index (χ2v) is 4.91. The van der Waals surface area contributed by atoms with Crippen LogP contribution in [0.4, 0.5) is 0 Å². The number of carbonyl (C=O) groups excluding carboxylic acids is 1. The molecule has 0 aromatic heterocycles. The van der Waals surface area contributed by atoms with Crippen molar-refractivity contribution in [1.82, 2.24) is 4.90 Å². The van der Waals surface area contributed by atoms with Crippen molar-refractivity contribution >= 4 is 17.5 Å². The third-order valence-electron chi connectivity index (χ3n) is 3.07. The first kappa shape index (κ1) is 13.3. The van der Waals surface area contributed by atoms with E-state index in [1.165, 1.54) is 0 Å². The Hall–Kier alpha value is -1.10. The molecule has 1 heterocycles. The largest absolute Gasteiger partial charge is 0.373 e. The van der Waals surface area contributed by atoms with E-state index in [1.807, 2.05) is 19.1 Å². The fraction of sp³-hybridized carbons (Fsp3) is 0.462. The Bertz CT molecular complexity index is 437. The number of nitrogens with two attached hydrogens (primary N) is 1. The maximum Gasteiger partial charge on any atom is 0.255 e. The lowest BCUT2D eigenvalue weighted by atomic mass is 10.1. The van der Waals surface area contributed by atoms with E-state index in [0.717, 1.165) is 0 Å². The van der Waals surface area contributed by atoms with Crippen LogP contribution in [0, 0.1) is 0 Å². The molecule has 98 valence electrons. The van der Waals surface area contributed by atoms with E-state index in [1.54, 1.807) is 17.0 Å². The molecule has 0 bridgehead atoms. The molecule has 2 rings (SSSR count). The summed E-state index contributed by atoms with van der Waals surface area (Å²) in [4.78, 5) is 14.1. The maximum atomic E-state index is 12.3. The highest BCUT2D eigenvalue weighted by Crippen LogP contribution is 2.19. The normalized spacial score (nSPS) is 21.7. The molecular formula is C13H17ClN2O2. The van der Waals surface area contributed by atoms with E-state index in [4.69, 9.17) is 22.1 Å². The van der Waals surface area contributed by atoms with Gasteiger partial charge in [0, 0.05) is 19.1 Å². The highest BCUT2D eigenvalue weighted by atomic mass is 35.5. The molecule has 1 aliphatic rings. The third-order valence-corrected chi connectivity index (χ3v) is 3.40. The molecule has 1 aromatic carbocycles. The van der Waals surface area contributed by atoms with Crippen LogP contribution in [-0.4, -0.2) is 42.6 Å². The summed E-state index contributed by atoms with van der Waals surface area (Å²) in [6.07, 6.45) is -0.106. The van der Waals surface area contributed by atoms with Gasteiger partial charge in [-0.05, 0) is 19.1 Å². The van der Waals surface area contributed by atoms with Gasteiger partial charge in [0.15, 0.2) is 0 Å². The van der Waals surface area contributed by atoms with E-state index in [0.29, 0.717) is 30.3 Å². The third kappa shape index (κ3) is 2.83. The second kappa shape index (κ2) is 5.69. The SMILES string of the molecule is C[C@@H](N)[C@H]1CN(C(=O)c2ccccc2Cl)CCO1. The van der Waals surface area contributed by atoms with Crippen LogP contribution in [0.15, 0.2) is 24.3 Å². The summed E-state index contributed by atoms with van der Waals surface area (Å²) in [5, 5.41) is 0.478. The Labute approximate surface area is 112 Å². The van der Waals surface area contributed by atoms with Crippen molar-refractivity contribution in [3.05, 3.63) is 34.9 Å². The van der Waals surface area contributed by atoms with Gasteiger partial charge >= 0.3 is 0 Å². The van der Waals surface area contributed by atoms with Crippen LogP contribution < -0.4 is 5.73 Å². The number of benzene rings is 1. The molecule has 18 heavy (non-hydrogen) atoms. The fourth-order valence-corrected chi connectivity index (χ4v) is 2.20. The highest BCUT2D eigenvalue weighted by Gasteiger charge is 2.27. The monoisotopic (exact) mass is 268 g/mol. The van der Waals surface area contributed by atoms with Gasteiger partial charge in [-0.3, -0.25) is 4.79 Å². The standard InChI is InChI=1S/C13H17ClN2O2/c1-9(15)12-8-16(6-7-18-12)13(17)10-4-2-3-5-11(10)14/h2-5,9,12H,6-8,15H2,1H3/t9-,12-/m1/s1. The highest BCUT2D eigenvalue weighted by molar-refractivity contribution is 6.33. The molecule has 5 heteroatoms. The molecule has 0 radical (unpaired) electrons. The number of nitrogens with zero attached hydrogens (tertiary/aromatic N) is 1. The topological polar surface area (TPSA) is 55.6 Å². The van der Waals surface area contributed by atoms with Crippen LogP contribution in [0.5, 0.6) is 0 Å². The van der Waals surface area contributed by atoms with Gasteiger partial charge in [0.1, 0.15) is 0 Å². The van der Waals surface area contributed by atoms with Crippen molar-refractivity contribution in [3.63, 3.8) is 0 Å². The van der Waals surface area contributed by atoms with Crippen LogP contribution >= 0.6 is 11.6 Å². The smallest absolute Gasteiger partial charge is 0.255 e. The van der Waals surface area contributed by atoms with Crippen molar-refractivity contribution in [1.29, 1.82) is 0 Å². The zero-order valence-corrected chi connectivity index (χ0v) is 11.1. The van der Waals surface area contributed by atoms with Crippen LogP contribution in [0.1, 0.15) is 17.3 Å². The summed E-state index contributed by atoms with van der Waals surface area (Å²) in [5.41, 5.74) is 6.34. The minimum Gasteiger partial charge on any atom is -0.373 e. The Morgan fingerprint density at radius 2 is 2.28 bits per heavy atom. The summed E-state index contributed by atoms with van der Waals surface area (Å²) < 4.78 is 5.53. The Morgan fingerprint density at radius 1 is 1.56 bits per heavy atom. The zero-order chi connectivity index (χ0) is 13.1. The number of amides is 1. The summed E-state index contributed by atoms with van der Waals surface area (Å²) >= 11 is 6.03. The second-order valence-electron chi connectivity index (χ2n) is 4.50. The van der Waals surface area contributed by atoms with Crippen molar-refractivity contribution < 1.29 is 9.53 Å². The minimum absolute atomic E-state index is 0.0606. The molecule has 1 aromatic rings. The van der Waals surface area contributed by atoms with Gasteiger partial charge in [-0.2, -0.15) is 0 Å². The lowest BCUT2D eigenvalue weighted by Gasteiger charge is -2.34. The van der Waals surface area contributed by atoms with E-state index < -0.39 is 0 Å². The summed E-state index contributed by atoms with van der Waals surface area (Å²) in [6, 6.07) is 6.98. The quantitative estimate of drug-likeness (QED) is 0.885. The fourth-order valence-electron chi connectivity index (χ4n) is 1.98. The Kier molecular flexibility index (Phi) is 4.22. The molecular weight excluding hydrogens is 252 g/mol. The number of halogens is 1. The van der Waals surface area contributed by atoms with Crippen LogP contribution in [0.2, 0.25) is 5.02 Å². The first-order valence-electron chi connectivity index (χ1n) is 6.00. The maximum absolute atomic E-state index is 12.3. The molecule has 1 fully saturated rings.